The van der Waals surface area contributed by atoms with Gasteiger partial charge in [-0.15, -0.1) is 0 Å². The van der Waals surface area contributed by atoms with Gasteiger partial charge in [-0.2, -0.15) is 0 Å². The van der Waals surface area contributed by atoms with E-state index in [1.807, 2.05) is 12.1 Å². The molecule has 3 nitrogen and oxygen atoms in total. The van der Waals surface area contributed by atoms with Crippen LogP contribution in [-0.2, 0) is 10.2 Å². The molecule has 1 aromatic rings. The second-order valence-electron chi connectivity index (χ2n) is 5.12. The highest BCUT2D eigenvalue weighted by Crippen LogP contribution is 2.52. The van der Waals surface area contributed by atoms with Gasteiger partial charge in [-0.3, -0.25) is 4.79 Å². The minimum absolute atomic E-state index is 0.665. The first-order valence-electron chi connectivity index (χ1n) is 6.09. The van der Waals surface area contributed by atoms with E-state index in [0.717, 1.165) is 24.2 Å². The highest BCUT2D eigenvalue weighted by atomic mass is 16.5. The molecule has 0 aliphatic heterocycles. The van der Waals surface area contributed by atoms with Gasteiger partial charge in [0.2, 0.25) is 0 Å². The molecule has 0 bridgehead atoms. The number of ether oxygens (including phenoxy) is 1. The molecule has 1 aromatic carbocycles. The topological polar surface area (TPSA) is 46.5 Å². The van der Waals surface area contributed by atoms with Gasteiger partial charge in [-0.25, -0.2) is 0 Å². The van der Waals surface area contributed by atoms with Crippen molar-refractivity contribution >= 4 is 5.97 Å². The molecule has 0 spiro atoms. The fraction of sp³-hybridized carbons (Fsp3) is 0.500. The fourth-order valence-electron chi connectivity index (χ4n) is 2.50. The molecular weight excluding hydrogens is 216 g/mol. The van der Waals surface area contributed by atoms with Crippen LogP contribution in [0.5, 0.6) is 5.75 Å². The molecule has 0 atom stereocenters. The number of aliphatic carboxylic acids is 1. The Morgan fingerprint density at radius 3 is 2.59 bits per heavy atom. The number of hydrogen-bond donors (Lipinski definition) is 1. The molecular formula is C14H16O3. The molecule has 2 aliphatic carbocycles. The maximum atomic E-state index is 11.3. The van der Waals surface area contributed by atoms with Gasteiger partial charge in [-0.1, -0.05) is 12.1 Å². The molecule has 0 aromatic heterocycles. The van der Waals surface area contributed by atoms with Crippen molar-refractivity contribution < 1.29 is 14.6 Å². The van der Waals surface area contributed by atoms with Crippen LogP contribution in [0.2, 0.25) is 0 Å². The molecule has 3 rings (SSSR count). The van der Waals surface area contributed by atoms with Crippen LogP contribution in [0.1, 0.15) is 42.7 Å². The summed E-state index contributed by atoms with van der Waals surface area (Å²) in [5, 5.41) is 9.31. The zero-order valence-electron chi connectivity index (χ0n) is 9.90. The predicted molar refractivity (Wildman–Crippen MR) is 63.5 cm³/mol. The van der Waals surface area contributed by atoms with Gasteiger partial charge in [0.15, 0.2) is 0 Å². The minimum atomic E-state index is -0.727. The lowest BCUT2D eigenvalue weighted by Crippen LogP contribution is -2.20. The van der Waals surface area contributed by atoms with E-state index < -0.39 is 11.4 Å². The van der Waals surface area contributed by atoms with Gasteiger partial charge in [0.05, 0.1) is 12.5 Å². The average molecular weight is 232 g/mol. The standard InChI is InChI=1S/C14H16O3/c1-17-12-8-10(9-2-3-9)4-5-11(12)14(6-7-14)13(15)16/h4-5,8-9H,2-3,6-7H2,1H3,(H,15,16). The van der Waals surface area contributed by atoms with Gasteiger partial charge in [0, 0.05) is 5.56 Å². The van der Waals surface area contributed by atoms with Crippen LogP contribution in [0.25, 0.3) is 0 Å². The van der Waals surface area contributed by atoms with Crippen molar-refractivity contribution in [2.75, 3.05) is 7.11 Å². The lowest BCUT2D eigenvalue weighted by atomic mass is 9.93. The van der Waals surface area contributed by atoms with Crippen LogP contribution >= 0.6 is 0 Å². The Morgan fingerprint density at radius 1 is 1.41 bits per heavy atom. The molecule has 90 valence electrons. The molecule has 3 heteroatoms. The van der Waals surface area contributed by atoms with E-state index in [1.165, 1.54) is 18.4 Å². The quantitative estimate of drug-likeness (QED) is 0.868. The van der Waals surface area contributed by atoms with Crippen molar-refractivity contribution in [3.05, 3.63) is 29.3 Å². The fourth-order valence-corrected chi connectivity index (χ4v) is 2.50. The maximum absolute atomic E-state index is 11.3. The van der Waals surface area contributed by atoms with Crippen molar-refractivity contribution in [1.82, 2.24) is 0 Å². The largest absolute Gasteiger partial charge is 0.496 e. The van der Waals surface area contributed by atoms with Gasteiger partial charge >= 0.3 is 5.97 Å². The molecule has 2 fully saturated rings. The molecule has 2 aliphatic rings. The molecule has 0 saturated heterocycles. The molecule has 1 N–H and O–H groups in total. The zero-order valence-corrected chi connectivity index (χ0v) is 9.90. The van der Waals surface area contributed by atoms with Crippen LogP contribution in [0.4, 0.5) is 0 Å². The average Bonchev–Trinajstić information content (AvgIpc) is 3.18. The van der Waals surface area contributed by atoms with E-state index >= 15 is 0 Å². The van der Waals surface area contributed by atoms with E-state index in [9.17, 15) is 9.90 Å². The Hall–Kier alpha value is -1.51. The van der Waals surface area contributed by atoms with Crippen molar-refractivity contribution in [2.24, 2.45) is 0 Å². The third-order valence-corrected chi connectivity index (χ3v) is 3.95. The summed E-state index contributed by atoms with van der Waals surface area (Å²) in [6, 6.07) is 6.04. The lowest BCUT2D eigenvalue weighted by molar-refractivity contribution is -0.140. The number of methoxy groups -OCH3 is 1. The van der Waals surface area contributed by atoms with E-state index in [0.29, 0.717) is 5.92 Å². The lowest BCUT2D eigenvalue weighted by Gasteiger charge is -2.15. The summed E-state index contributed by atoms with van der Waals surface area (Å²) in [4.78, 5) is 11.3. The maximum Gasteiger partial charge on any atom is 0.314 e. The van der Waals surface area contributed by atoms with Crippen LogP contribution < -0.4 is 4.74 Å². The smallest absolute Gasteiger partial charge is 0.314 e. The number of carbonyl (C=O) groups is 1. The van der Waals surface area contributed by atoms with Gasteiger partial charge in [0.25, 0.3) is 0 Å². The molecule has 2 saturated carbocycles. The number of carboxylic acids is 1. The molecule has 17 heavy (non-hydrogen) atoms. The predicted octanol–water partition coefficient (Wildman–Crippen LogP) is 2.69. The summed E-state index contributed by atoms with van der Waals surface area (Å²) in [5.74, 6) is 0.683. The Balaban J connectivity index is 2.02. The first-order valence-corrected chi connectivity index (χ1v) is 6.09. The van der Waals surface area contributed by atoms with Crippen molar-refractivity contribution in [1.29, 1.82) is 0 Å². The first kappa shape index (κ1) is 10.6. The summed E-state index contributed by atoms with van der Waals surface area (Å²) in [6.07, 6.45) is 3.93. The van der Waals surface area contributed by atoms with Gasteiger partial charge in [-0.05, 0) is 43.2 Å². The summed E-state index contributed by atoms with van der Waals surface area (Å²) in [5.41, 5.74) is 1.46. The van der Waals surface area contributed by atoms with Crippen LogP contribution in [0.3, 0.4) is 0 Å². The highest BCUT2D eigenvalue weighted by Gasteiger charge is 2.53. The Bertz CT molecular complexity index is 470. The van der Waals surface area contributed by atoms with Crippen molar-refractivity contribution in [2.45, 2.75) is 37.0 Å². The van der Waals surface area contributed by atoms with E-state index in [1.54, 1.807) is 7.11 Å². The first-order chi connectivity index (χ1) is 8.17. The monoisotopic (exact) mass is 232 g/mol. The Labute approximate surface area is 100 Å². The molecule has 0 radical (unpaired) electrons. The van der Waals surface area contributed by atoms with Crippen LogP contribution in [0.15, 0.2) is 18.2 Å². The number of carboxylic acid groups (broad SMARTS) is 1. The van der Waals surface area contributed by atoms with E-state index in [4.69, 9.17) is 4.74 Å². The highest BCUT2D eigenvalue weighted by molar-refractivity contribution is 5.86. The van der Waals surface area contributed by atoms with Crippen LogP contribution in [0, 0.1) is 0 Å². The number of benzene rings is 1. The Kier molecular flexibility index (Phi) is 2.18. The summed E-state index contributed by atoms with van der Waals surface area (Å²) in [7, 11) is 1.62. The molecule has 0 unspecified atom stereocenters. The van der Waals surface area contributed by atoms with Gasteiger partial charge in [0.1, 0.15) is 5.75 Å². The second-order valence-corrected chi connectivity index (χ2v) is 5.12. The normalized spacial score (nSPS) is 21.0. The van der Waals surface area contributed by atoms with Crippen LogP contribution in [-0.4, -0.2) is 18.2 Å². The zero-order chi connectivity index (χ0) is 12.0. The third-order valence-electron chi connectivity index (χ3n) is 3.95. The van der Waals surface area contributed by atoms with Crippen molar-refractivity contribution in [3.8, 4) is 5.75 Å². The summed E-state index contributed by atoms with van der Waals surface area (Å²) < 4.78 is 5.38. The SMILES string of the molecule is COc1cc(C2CC2)ccc1C1(C(=O)O)CC1. The number of rotatable bonds is 4. The Morgan fingerprint density at radius 2 is 2.12 bits per heavy atom. The molecule has 0 heterocycles. The molecule has 0 amide bonds. The summed E-state index contributed by atoms with van der Waals surface area (Å²) >= 11 is 0. The van der Waals surface area contributed by atoms with E-state index in [-0.39, 0.29) is 0 Å². The van der Waals surface area contributed by atoms with Gasteiger partial charge < -0.3 is 9.84 Å². The van der Waals surface area contributed by atoms with E-state index in [2.05, 4.69) is 6.07 Å². The second kappa shape index (κ2) is 3.49. The van der Waals surface area contributed by atoms with Crippen molar-refractivity contribution in [3.63, 3.8) is 0 Å². The summed E-state index contributed by atoms with van der Waals surface area (Å²) in [6.45, 7) is 0. The third kappa shape index (κ3) is 1.61. The minimum Gasteiger partial charge on any atom is -0.496 e. The number of hydrogen-bond acceptors (Lipinski definition) is 2.